The molecule has 0 saturated heterocycles. The van der Waals surface area contributed by atoms with Crippen LogP contribution < -0.4 is 5.73 Å². The van der Waals surface area contributed by atoms with Crippen molar-refractivity contribution in [1.82, 2.24) is 9.97 Å². The molecule has 68 valence electrons. The van der Waals surface area contributed by atoms with Gasteiger partial charge in [-0.05, 0) is 6.54 Å². The van der Waals surface area contributed by atoms with E-state index >= 15 is 0 Å². The average molecular weight is 192 g/mol. The van der Waals surface area contributed by atoms with Crippen molar-refractivity contribution in [2.75, 3.05) is 6.54 Å². The van der Waals surface area contributed by atoms with Gasteiger partial charge in [-0.3, -0.25) is 0 Å². The number of aromatic amines is 1. The molecule has 0 atom stereocenters. The van der Waals surface area contributed by atoms with Crippen LogP contribution in [0.4, 0.5) is 4.79 Å². The van der Waals surface area contributed by atoms with Gasteiger partial charge in [0.05, 0.1) is 12.0 Å². The molecule has 0 radical (unpaired) electrons. The number of carbonyl (C=O) groups is 1. The summed E-state index contributed by atoms with van der Waals surface area (Å²) in [7, 11) is 0. The molecule has 0 aromatic carbocycles. The largest absolute Gasteiger partial charge is 0.469 e. The summed E-state index contributed by atoms with van der Waals surface area (Å²) in [5, 5.41) is 7.18. The molecule has 4 N–H and O–H groups in total. The molecule has 1 heterocycles. The fraction of sp³-hybridized carbons (Fsp3) is 0.333. The Morgan fingerprint density at radius 2 is 2.42 bits per heavy atom. The minimum atomic E-state index is -1.36. The van der Waals surface area contributed by atoms with Crippen LogP contribution in [0.3, 0.4) is 0 Å². The number of carboxylic acid groups (broad SMARTS) is 1. The van der Waals surface area contributed by atoms with Crippen LogP contribution >= 0.6 is 11.6 Å². The summed E-state index contributed by atoms with van der Waals surface area (Å²) >= 11 is 4.19. The lowest BCUT2D eigenvalue weighted by Crippen LogP contribution is -2.02. The second-order valence-corrected chi connectivity index (χ2v) is 2.18. The average Bonchev–Trinajstić information content (AvgIpc) is 2.39. The SMILES string of the molecule is NCCc1c[nH]cn1.O=C(O)Cl. The zero-order valence-electron chi connectivity index (χ0n) is 6.33. The van der Waals surface area contributed by atoms with Gasteiger partial charge in [0, 0.05) is 24.2 Å². The Hall–Kier alpha value is -1.07. The third-order valence-corrected chi connectivity index (χ3v) is 0.955. The molecular formula is C6H10ClN3O2. The van der Waals surface area contributed by atoms with Gasteiger partial charge in [0.2, 0.25) is 0 Å². The summed E-state index contributed by atoms with van der Waals surface area (Å²) in [6.45, 7) is 0.671. The van der Waals surface area contributed by atoms with E-state index in [0.29, 0.717) is 6.54 Å². The Labute approximate surface area is 74.6 Å². The van der Waals surface area contributed by atoms with Crippen molar-refractivity contribution in [3.63, 3.8) is 0 Å². The second kappa shape index (κ2) is 6.63. The number of imidazole rings is 1. The van der Waals surface area contributed by atoms with Crippen molar-refractivity contribution in [2.24, 2.45) is 5.73 Å². The van der Waals surface area contributed by atoms with E-state index in [1.165, 1.54) is 0 Å². The van der Waals surface area contributed by atoms with Crippen LogP contribution in [0.15, 0.2) is 12.5 Å². The molecule has 1 rings (SSSR count). The fourth-order valence-electron chi connectivity index (χ4n) is 0.576. The molecule has 0 unspecified atom stereocenters. The monoisotopic (exact) mass is 191 g/mol. The van der Waals surface area contributed by atoms with Crippen LogP contribution in [-0.2, 0) is 6.42 Å². The van der Waals surface area contributed by atoms with Gasteiger partial charge in [0.15, 0.2) is 0 Å². The highest BCUT2D eigenvalue weighted by molar-refractivity contribution is 6.60. The number of H-pyrrole nitrogens is 1. The molecule has 0 aliphatic rings. The highest BCUT2D eigenvalue weighted by Gasteiger charge is 1.87. The minimum absolute atomic E-state index is 0.671. The van der Waals surface area contributed by atoms with Crippen LogP contribution in [0.25, 0.3) is 0 Å². The lowest BCUT2D eigenvalue weighted by atomic mass is 10.3. The van der Waals surface area contributed by atoms with E-state index in [1.54, 1.807) is 6.33 Å². The van der Waals surface area contributed by atoms with E-state index in [4.69, 9.17) is 15.6 Å². The van der Waals surface area contributed by atoms with Crippen LogP contribution in [0.2, 0.25) is 0 Å². The molecule has 5 nitrogen and oxygen atoms in total. The molecule has 0 spiro atoms. The number of aromatic nitrogens is 2. The Kier molecular flexibility index (Phi) is 6.04. The Balaban J connectivity index is 0.000000261. The Bertz CT molecular complexity index is 209. The van der Waals surface area contributed by atoms with E-state index in [9.17, 15) is 0 Å². The quantitative estimate of drug-likeness (QED) is 0.604. The first kappa shape index (κ1) is 10.9. The van der Waals surface area contributed by atoms with Crippen LogP contribution in [0.5, 0.6) is 0 Å². The number of hydrogen-bond acceptors (Lipinski definition) is 3. The summed E-state index contributed by atoms with van der Waals surface area (Å²) in [6.07, 6.45) is 4.38. The summed E-state index contributed by atoms with van der Waals surface area (Å²) in [4.78, 5) is 15.6. The van der Waals surface area contributed by atoms with E-state index in [1.807, 2.05) is 6.20 Å². The molecule has 0 aliphatic carbocycles. The van der Waals surface area contributed by atoms with Crippen molar-refractivity contribution in [3.8, 4) is 0 Å². The molecule has 0 fully saturated rings. The number of hydrogen-bond donors (Lipinski definition) is 3. The molecule has 0 amide bonds. The Morgan fingerprint density at radius 1 is 1.83 bits per heavy atom. The molecular weight excluding hydrogens is 182 g/mol. The lowest BCUT2D eigenvalue weighted by molar-refractivity contribution is 0.220. The van der Waals surface area contributed by atoms with Crippen molar-refractivity contribution in [1.29, 1.82) is 0 Å². The zero-order valence-corrected chi connectivity index (χ0v) is 7.08. The van der Waals surface area contributed by atoms with Gasteiger partial charge in [-0.25, -0.2) is 9.78 Å². The van der Waals surface area contributed by atoms with Crippen molar-refractivity contribution >= 4 is 17.0 Å². The summed E-state index contributed by atoms with van der Waals surface area (Å²) in [5.74, 6) is 0. The van der Waals surface area contributed by atoms with E-state index in [-0.39, 0.29) is 0 Å². The van der Waals surface area contributed by atoms with Crippen LogP contribution in [0.1, 0.15) is 5.69 Å². The number of rotatable bonds is 2. The molecule has 0 aliphatic heterocycles. The highest BCUT2D eigenvalue weighted by atomic mass is 35.5. The maximum absolute atomic E-state index is 8.77. The van der Waals surface area contributed by atoms with Crippen molar-refractivity contribution < 1.29 is 9.90 Å². The Morgan fingerprint density at radius 3 is 2.75 bits per heavy atom. The fourth-order valence-corrected chi connectivity index (χ4v) is 0.576. The normalized spacial score (nSPS) is 8.50. The molecule has 0 bridgehead atoms. The highest BCUT2D eigenvalue weighted by Crippen LogP contribution is 1.88. The minimum Gasteiger partial charge on any atom is -0.469 e. The standard InChI is InChI=1S/C5H9N3.CHClO2/c6-2-1-5-3-7-4-8-5;2-1(3)4/h3-4H,1-2,6H2,(H,7,8);(H,3,4). The van der Waals surface area contributed by atoms with Gasteiger partial charge < -0.3 is 15.8 Å². The van der Waals surface area contributed by atoms with Gasteiger partial charge >= 0.3 is 5.43 Å². The molecule has 1 aromatic rings. The van der Waals surface area contributed by atoms with Gasteiger partial charge in [-0.15, -0.1) is 0 Å². The van der Waals surface area contributed by atoms with Gasteiger partial charge in [-0.1, -0.05) is 0 Å². The van der Waals surface area contributed by atoms with E-state index < -0.39 is 5.43 Å². The molecule has 0 saturated carbocycles. The van der Waals surface area contributed by atoms with Crippen molar-refractivity contribution in [3.05, 3.63) is 18.2 Å². The molecule has 6 heteroatoms. The smallest absolute Gasteiger partial charge is 0.401 e. The summed E-state index contributed by atoms with van der Waals surface area (Å²) in [5.41, 5.74) is 4.94. The van der Waals surface area contributed by atoms with Crippen molar-refractivity contribution in [2.45, 2.75) is 6.42 Å². The molecule has 1 aromatic heterocycles. The lowest BCUT2D eigenvalue weighted by Gasteiger charge is -1.85. The number of nitrogens with zero attached hydrogens (tertiary/aromatic N) is 1. The van der Waals surface area contributed by atoms with Gasteiger partial charge in [0.25, 0.3) is 0 Å². The third kappa shape index (κ3) is 7.04. The predicted octanol–water partition coefficient (Wildman–Crippen LogP) is 0.814. The number of nitrogens with two attached hydrogens (primary N) is 1. The van der Waals surface area contributed by atoms with Gasteiger partial charge in [-0.2, -0.15) is 0 Å². The second-order valence-electron chi connectivity index (χ2n) is 1.85. The van der Waals surface area contributed by atoms with E-state index in [0.717, 1.165) is 12.1 Å². The summed E-state index contributed by atoms with van der Waals surface area (Å²) < 4.78 is 0. The number of nitrogens with one attached hydrogen (secondary N) is 1. The first-order valence-electron chi connectivity index (χ1n) is 3.23. The van der Waals surface area contributed by atoms with Crippen LogP contribution in [-0.4, -0.2) is 27.0 Å². The maximum Gasteiger partial charge on any atom is 0.401 e. The predicted molar refractivity (Wildman–Crippen MR) is 45.2 cm³/mol. The molecule has 12 heavy (non-hydrogen) atoms. The topological polar surface area (TPSA) is 92.0 Å². The van der Waals surface area contributed by atoms with E-state index in [2.05, 4.69) is 21.6 Å². The van der Waals surface area contributed by atoms with Gasteiger partial charge in [0.1, 0.15) is 0 Å². The zero-order chi connectivity index (χ0) is 9.40. The summed E-state index contributed by atoms with van der Waals surface area (Å²) in [6, 6.07) is 0. The third-order valence-electron chi connectivity index (χ3n) is 0.955. The maximum atomic E-state index is 8.77. The number of halogens is 1. The first-order valence-corrected chi connectivity index (χ1v) is 3.60. The van der Waals surface area contributed by atoms with Crippen LogP contribution in [0, 0.1) is 0 Å². The first-order chi connectivity index (χ1) is 5.66.